The lowest BCUT2D eigenvalue weighted by molar-refractivity contribution is -0.123. The number of hydrogen-bond donors (Lipinski definition) is 3. The first-order chi connectivity index (χ1) is 11.3. The monoisotopic (exact) mass is 328 g/mol. The van der Waals surface area contributed by atoms with Crippen molar-refractivity contribution in [2.45, 2.75) is 96.9 Å². The zero-order valence-electron chi connectivity index (χ0n) is 15.5. The third-order valence-corrected chi connectivity index (χ3v) is 4.20. The SMILES string of the molecule is CCCCCCCCCCCCNC(=O)C(CCO)NCCC. The number of unbranched alkanes of at least 4 members (excludes halogenated alkanes) is 9. The first kappa shape index (κ1) is 22.4. The Hall–Kier alpha value is -0.610. The van der Waals surface area contributed by atoms with Crippen LogP contribution < -0.4 is 10.6 Å². The van der Waals surface area contributed by atoms with Crippen LogP contribution in [0.2, 0.25) is 0 Å². The van der Waals surface area contributed by atoms with Gasteiger partial charge in [0.2, 0.25) is 5.91 Å². The molecule has 3 N–H and O–H groups in total. The van der Waals surface area contributed by atoms with Crippen LogP contribution in [-0.4, -0.2) is 36.8 Å². The highest BCUT2D eigenvalue weighted by Gasteiger charge is 2.15. The molecule has 0 saturated carbocycles. The van der Waals surface area contributed by atoms with Crippen LogP contribution in [0.15, 0.2) is 0 Å². The minimum Gasteiger partial charge on any atom is -0.396 e. The molecule has 0 aliphatic carbocycles. The number of hydrogen-bond acceptors (Lipinski definition) is 3. The number of aliphatic hydroxyl groups excluding tert-OH is 1. The summed E-state index contributed by atoms with van der Waals surface area (Å²) in [6, 6.07) is -0.247. The van der Waals surface area contributed by atoms with E-state index in [2.05, 4.69) is 24.5 Å². The molecule has 4 nitrogen and oxygen atoms in total. The second kappa shape index (κ2) is 17.7. The van der Waals surface area contributed by atoms with Gasteiger partial charge in [0, 0.05) is 13.2 Å². The van der Waals surface area contributed by atoms with E-state index in [9.17, 15) is 4.79 Å². The van der Waals surface area contributed by atoms with Crippen molar-refractivity contribution in [1.82, 2.24) is 10.6 Å². The maximum Gasteiger partial charge on any atom is 0.237 e. The second-order valence-corrected chi connectivity index (χ2v) is 6.49. The van der Waals surface area contributed by atoms with E-state index in [1.807, 2.05) is 0 Å². The maximum absolute atomic E-state index is 12.0. The van der Waals surface area contributed by atoms with E-state index < -0.39 is 0 Å². The Bertz CT molecular complexity index is 260. The molecule has 0 aliphatic rings. The van der Waals surface area contributed by atoms with E-state index in [0.717, 1.165) is 25.9 Å². The second-order valence-electron chi connectivity index (χ2n) is 6.49. The van der Waals surface area contributed by atoms with Gasteiger partial charge in [-0.05, 0) is 25.8 Å². The van der Waals surface area contributed by atoms with E-state index >= 15 is 0 Å². The summed E-state index contributed by atoms with van der Waals surface area (Å²) in [4.78, 5) is 12.0. The van der Waals surface area contributed by atoms with Gasteiger partial charge < -0.3 is 15.7 Å². The highest BCUT2D eigenvalue weighted by molar-refractivity contribution is 5.81. The summed E-state index contributed by atoms with van der Waals surface area (Å²) in [6.07, 6.45) is 14.6. The molecule has 0 bridgehead atoms. The molecular formula is C19H40N2O2. The fraction of sp³-hybridized carbons (Fsp3) is 0.947. The van der Waals surface area contributed by atoms with Crippen LogP contribution in [0.5, 0.6) is 0 Å². The van der Waals surface area contributed by atoms with Gasteiger partial charge in [-0.3, -0.25) is 4.79 Å². The van der Waals surface area contributed by atoms with Gasteiger partial charge in [0.15, 0.2) is 0 Å². The average Bonchev–Trinajstić information content (AvgIpc) is 2.56. The van der Waals surface area contributed by atoms with Crippen molar-refractivity contribution in [1.29, 1.82) is 0 Å². The fourth-order valence-electron chi connectivity index (χ4n) is 2.72. The first-order valence-electron chi connectivity index (χ1n) is 9.88. The number of aliphatic hydroxyl groups is 1. The summed E-state index contributed by atoms with van der Waals surface area (Å²) in [6.45, 7) is 5.95. The van der Waals surface area contributed by atoms with Gasteiger partial charge in [-0.15, -0.1) is 0 Å². The Kier molecular flexibility index (Phi) is 17.3. The lowest BCUT2D eigenvalue weighted by Gasteiger charge is -2.17. The van der Waals surface area contributed by atoms with E-state index in [1.54, 1.807) is 0 Å². The largest absolute Gasteiger partial charge is 0.396 e. The molecule has 0 fully saturated rings. The average molecular weight is 329 g/mol. The van der Waals surface area contributed by atoms with Crippen LogP contribution in [-0.2, 0) is 4.79 Å². The van der Waals surface area contributed by atoms with Crippen molar-refractivity contribution in [3.8, 4) is 0 Å². The molecule has 0 heterocycles. The molecular weight excluding hydrogens is 288 g/mol. The van der Waals surface area contributed by atoms with E-state index in [-0.39, 0.29) is 18.6 Å². The van der Waals surface area contributed by atoms with Crippen LogP contribution in [0.4, 0.5) is 0 Å². The van der Waals surface area contributed by atoms with E-state index in [0.29, 0.717) is 6.42 Å². The lowest BCUT2D eigenvalue weighted by Crippen LogP contribution is -2.45. The minimum absolute atomic E-state index is 0.0309. The Morgan fingerprint density at radius 1 is 0.826 bits per heavy atom. The number of amides is 1. The van der Waals surface area contributed by atoms with Gasteiger partial charge in [0.05, 0.1) is 6.04 Å². The van der Waals surface area contributed by atoms with Crippen molar-refractivity contribution < 1.29 is 9.90 Å². The van der Waals surface area contributed by atoms with E-state index in [4.69, 9.17) is 5.11 Å². The Labute approximate surface area is 143 Å². The Morgan fingerprint density at radius 3 is 1.91 bits per heavy atom. The van der Waals surface area contributed by atoms with Gasteiger partial charge in [0.1, 0.15) is 0 Å². The molecule has 0 spiro atoms. The topological polar surface area (TPSA) is 61.4 Å². The maximum atomic E-state index is 12.0. The van der Waals surface area contributed by atoms with Crippen molar-refractivity contribution in [3.63, 3.8) is 0 Å². The molecule has 0 aliphatic heterocycles. The third-order valence-electron chi connectivity index (χ3n) is 4.20. The Balaban J connectivity index is 3.46. The molecule has 0 aromatic carbocycles. The molecule has 0 aromatic rings. The molecule has 0 radical (unpaired) electrons. The van der Waals surface area contributed by atoms with Crippen LogP contribution in [0.1, 0.15) is 90.9 Å². The quantitative estimate of drug-likeness (QED) is 0.356. The van der Waals surface area contributed by atoms with Gasteiger partial charge >= 0.3 is 0 Å². The summed E-state index contributed by atoms with van der Waals surface area (Å²) in [5.41, 5.74) is 0. The normalized spacial score (nSPS) is 12.3. The summed E-state index contributed by atoms with van der Waals surface area (Å²) >= 11 is 0. The van der Waals surface area contributed by atoms with Crippen molar-refractivity contribution in [3.05, 3.63) is 0 Å². The van der Waals surface area contributed by atoms with Crippen molar-refractivity contribution >= 4 is 5.91 Å². The molecule has 1 atom stereocenters. The van der Waals surface area contributed by atoms with Gasteiger partial charge in [0.25, 0.3) is 0 Å². The number of nitrogens with one attached hydrogen (secondary N) is 2. The summed E-state index contributed by atoms with van der Waals surface area (Å²) < 4.78 is 0. The van der Waals surface area contributed by atoms with Crippen LogP contribution in [0, 0.1) is 0 Å². The van der Waals surface area contributed by atoms with Crippen LogP contribution >= 0.6 is 0 Å². The standard InChI is InChI=1S/C19H40N2O2/c1-3-5-6-7-8-9-10-11-12-13-16-21-19(23)18(14-17-22)20-15-4-2/h18,20,22H,3-17H2,1-2H3,(H,21,23). The zero-order valence-corrected chi connectivity index (χ0v) is 15.5. The highest BCUT2D eigenvalue weighted by atomic mass is 16.3. The van der Waals surface area contributed by atoms with E-state index in [1.165, 1.54) is 57.8 Å². The third kappa shape index (κ3) is 14.7. The number of carbonyl (C=O) groups is 1. The van der Waals surface area contributed by atoms with Crippen LogP contribution in [0.25, 0.3) is 0 Å². The van der Waals surface area contributed by atoms with Crippen LogP contribution in [0.3, 0.4) is 0 Å². The van der Waals surface area contributed by atoms with Crippen molar-refractivity contribution in [2.24, 2.45) is 0 Å². The summed E-state index contributed by atoms with van der Waals surface area (Å²) in [7, 11) is 0. The molecule has 138 valence electrons. The van der Waals surface area contributed by atoms with Crippen molar-refractivity contribution in [2.75, 3.05) is 19.7 Å². The number of carbonyl (C=O) groups excluding carboxylic acids is 1. The predicted octanol–water partition coefficient (Wildman–Crippen LogP) is 3.77. The molecule has 23 heavy (non-hydrogen) atoms. The highest BCUT2D eigenvalue weighted by Crippen LogP contribution is 2.10. The fourth-order valence-corrected chi connectivity index (χ4v) is 2.72. The van der Waals surface area contributed by atoms with Gasteiger partial charge in [-0.1, -0.05) is 71.6 Å². The molecule has 1 unspecified atom stereocenters. The summed E-state index contributed by atoms with van der Waals surface area (Å²) in [5.74, 6) is 0.0309. The molecule has 4 heteroatoms. The smallest absolute Gasteiger partial charge is 0.237 e. The van der Waals surface area contributed by atoms with Gasteiger partial charge in [-0.2, -0.15) is 0 Å². The van der Waals surface area contributed by atoms with Gasteiger partial charge in [-0.25, -0.2) is 0 Å². The lowest BCUT2D eigenvalue weighted by atomic mass is 10.1. The number of rotatable bonds is 17. The minimum atomic E-state index is -0.247. The Morgan fingerprint density at radius 2 is 1.39 bits per heavy atom. The zero-order chi connectivity index (χ0) is 17.2. The molecule has 1 amide bonds. The first-order valence-corrected chi connectivity index (χ1v) is 9.88. The predicted molar refractivity (Wildman–Crippen MR) is 98.6 cm³/mol. The molecule has 0 aromatic heterocycles. The summed E-state index contributed by atoms with van der Waals surface area (Å²) in [5, 5.41) is 15.2. The molecule has 0 rings (SSSR count). The molecule has 0 saturated heterocycles.